The van der Waals surface area contributed by atoms with Gasteiger partial charge in [0, 0.05) is 12.0 Å². The molecule has 1 atom stereocenters. The Balaban J connectivity index is 2.11. The number of methoxy groups -OCH3 is 1. The van der Waals surface area contributed by atoms with E-state index in [4.69, 9.17) is 4.74 Å². The summed E-state index contributed by atoms with van der Waals surface area (Å²) in [5.41, 5.74) is 1.60. The Morgan fingerprint density at radius 2 is 2.05 bits per heavy atom. The largest absolute Gasteiger partial charge is 0.466 e. The van der Waals surface area contributed by atoms with E-state index in [2.05, 4.69) is 11.3 Å². The lowest BCUT2D eigenvalue weighted by Crippen LogP contribution is -2.13. The minimum Gasteiger partial charge on any atom is -0.466 e. The quantitative estimate of drug-likeness (QED) is 0.613. The van der Waals surface area contributed by atoms with Crippen LogP contribution in [0.25, 0.3) is 5.57 Å². The number of carbonyl (C=O) groups excluding carboxylic acids is 2. The summed E-state index contributed by atoms with van der Waals surface area (Å²) in [4.78, 5) is 23.0. The topological polar surface area (TPSA) is 52.6 Å². The highest BCUT2D eigenvalue weighted by molar-refractivity contribution is 6.18. The molecule has 2 rings (SSSR count). The van der Waals surface area contributed by atoms with E-state index in [0.29, 0.717) is 5.57 Å². The Morgan fingerprint density at radius 1 is 1.37 bits per heavy atom. The highest BCUT2D eigenvalue weighted by Crippen LogP contribution is 2.26. The SMILES string of the molecule is C=C(C[C@@H]1C=C(c2ccccc2)C(=O)O1)C(=O)OC. The fourth-order valence-corrected chi connectivity index (χ4v) is 1.89. The molecule has 4 heteroatoms. The molecular weight excluding hydrogens is 244 g/mol. The number of carbonyl (C=O) groups is 2. The molecule has 0 bridgehead atoms. The number of rotatable bonds is 4. The zero-order valence-corrected chi connectivity index (χ0v) is 10.6. The maximum atomic E-state index is 11.8. The van der Waals surface area contributed by atoms with Gasteiger partial charge in [-0.05, 0) is 11.6 Å². The smallest absolute Gasteiger partial charge is 0.339 e. The molecule has 0 spiro atoms. The summed E-state index contributed by atoms with van der Waals surface area (Å²) in [6, 6.07) is 9.25. The van der Waals surface area contributed by atoms with Crippen LogP contribution in [0.15, 0.2) is 48.6 Å². The van der Waals surface area contributed by atoms with Gasteiger partial charge in [-0.2, -0.15) is 0 Å². The first-order valence-corrected chi connectivity index (χ1v) is 5.86. The minimum absolute atomic E-state index is 0.245. The third kappa shape index (κ3) is 2.91. The maximum absolute atomic E-state index is 11.8. The summed E-state index contributed by atoms with van der Waals surface area (Å²) in [5, 5.41) is 0. The zero-order chi connectivity index (χ0) is 13.8. The summed E-state index contributed by atoms with van der Waals surface area (Å²) in [5.74, 6) is -0.869. The van der Waals surface area contributed by atoms with Crippen molar-refractivity contribution in [2.75, 3.05) is 7.11 Å². The molecule has 0 aromatic heterocycles. The van der Waals surface area contributed by atoms with Gasteiger partial charge in [0.25, 0.3) is 0 Å². The van der Waals surface area contributed by atoms with E-state index in [1.807, 2.05) is 30.3 Å². The third-order valence-electron chi connectivity index (χ3n) is 2.84. The third-order valence-corrected chi connectivity index (χ3v) is 2.84. The molecule has 1 aromatic carbocycles. The van der Waals surface area contributed by atoms with Gasteiger partial charge in [0.1, 0.15) is 6.10 Å². The fraction of sp³-hybridized carbons (Fsp3) is 0.200. The number of hydrogen-bond acceptors (Lipinski definition) is 4. The van der Waals surface area contributed by atoms with Crippen LogP contribution in [0.2, 0.25) is 0 Å². The van der Waals surface area contributed by atoms with Crippen LogP contribution in [0.3, 0.4) is 0 Å². The first-order valence-electron chi connectivity index (χ1n) is 5.86. The fourth-order valence-electron chi connectivity index (χ4n) is 1.89. The average Bonchev–Trinajstić information content (AvgIpc) is 2.79. The second-order valence-electron chi connectivity index (χ2n) is 4.19. The predicted molar refractivity (Wildman–Crippen MR) is 70.1 cm³/mol. The monoisotopic (exact) mass is 258 g/mol. The van der Waals surface area contributed by atoms with E-state index in [1.54, 1.807) is 6.08 Å². The normalized spacial score (nSPS) is 17.6. The van der Waals surface area contributed by atoms with Crippen LogP contribution in [0.4, 0.5) is 0 Å². The average molecular weight is 258 g/mol. The van der Waals surface area contributed by atoms with Gasteiger partial charge < -0.3 is 9.47 Å². The summed E-state index contributed by atoms with van der Waals surface area (Å²) < 4.78 is 9.75. The first kappa shape index (κ1) is 13.1. The van der Waals surface area contributed by atoms with Crippen LogP contribution < -0.4 is 0 Å². The van der Waals surface area contributed by atoms with Gasteiger partial charge in [-0.3, -0.25) is 0 Å². The number of ether oxygens (including phenoxy) is 2. The van der Waals surface area contributed by atoms with Crippen molar-refractivity contribution in [2.45, 2.75) is 12.5 Å². The molecule has 1 aliphatic rings. The van der Waals surface area contributed by atoms with E-state index in [0.717, 1.165) is 5.56 Å². The lowest BCUT2D eigenvalue weighted by Gasteiger charge is -2.08. The molecule has 0 fully saturated rings. The summed E-state index contributed by atoms with van der Waals surface area (Å²) in [6.45, 7) is 3.62. The summed E-state index contributed by atoms with van der Waals surface area (Å²) in [6.07, 6.45) is 1.50. The number of hydrogen-bond donors (Lipinski definition) is 0. The van der Waals surface area contributed by atoms with Gasteiger partial charge >= 0.3 is 11.9 Å². The van der Waals surface area contributed by atoms with Crippen LogP contribution >= 0.6 is 0 Å². The Hall–Kier alpha value is -2.36. The summed E-state index contributed by atoms with van der Waals surface area (Å²) in [7, 11) is 1.29. The van der Waals surface area contributed by atoms with Gasteiger partial charge in [0.2, 0.25) is 0 Å². The van der Waals surface area contributed by atoms with E-state index in [9.17, 15) is 9.59 Å². The Labute approximate surface area is 111 Å². The van der Waals surface area contributed by atoms with Gasteiger partial charge in [0.05, 0.1) is 12.7 Å². The van der Waals surface area contributed by atoms with Gasteiger partial charge in [-0.25, -0.2) is 9.59 Å². The van der Waals surface area contributed by atoms with Crippen LogP contribution in [0, 0.1) is 0 Å². The molecule has 0 saturated heterocycles. The van der Waals surface area contributed by atoms with Crippen molar-refractivity contribution in [3.63, 3.8) is 0 Å². The van der Waals surface area contributed by atoms with Crippen molar-refractivity contribution in [3.8, 4) is 0 Å². The maximum Gasteiger partial charge on any atom is 0.339 e. The molecule has 0 unspecified atom stereocenters. The Kier molecular flexibility index (Phi) is 3.80. The summed E-state index contributed by atoms with van der Waals surface area (Å²) >= 11 is 0. The van der Waals surface area contributed by atoms with E-state index in [-0.39, 0.29) is 18.0 Å². The molecule has 0 radical (unpaired) electrons. The molecule has 1 aliphatic heterocycles. The molecule has 98 valence electrons. The number of benzene rings is 1. The lowest BCUT2D eigenvalue weighted by molar-refractivity contribution is -0.140. The molecule has 0 saturated carbocycles. The van der Waals surface area contributed by atoms with Gasteiger partial charge in [-0.15, -0.1) is 0 Å². The molecule has 0 aliphatic carbocycles. The molecule has 4 nitrogen and oxygen atoms in total. The number of cyclic esters (lactones) is 1. The Bertz CT molecular complexity index is 543. The molecule has 1 heterocycles. The van der Waals surface area contributed by atoms with Crippen molar-refractivity contribution in [1.82, 2.24) is 0 Å². The van der Waals surface area contributed by atoms with E-state index >= 15 is 0 Å². The minimum atomic E-state index is -0.488. The van der Waals surface area contributed by atoms with E-state index < -0.39 is 12.1 Å². The van der Waals surface area contributed by atoms with Gasteiger partial charge in [0.15, 0.2) is 0 Å². The molecule has 1 aromatic rings. The zero-order valence-electron chi connectivity index (χ0n) is 10.6. The Morgan fingerprint density at radius 3 is 2.68 bits per heavy atom. The standard InChI is InChI=1S/C15H14O4/c1-10(14(16)18-2)8-12-9-13(15(17)19-12)11-6-4-3-5-7-11/h3-7,9,12H,1,8H2,2H3/t12-/m1/s1. The molecule has 19 heavy (non-hydrogen) atoms. The molecular formula is C15H14O4. The predicted octanol–water partition coefficient (Wildman–Crippen LogP) is 2.11. The second-order valence-corrected chi connectivity index (χ2v) is 4.19. The van der Waals surface area contributed by atoms with Crippen LogP contribution in [-0.4, -0.2) is 25.2 Å². The van der Waals surface area contributed by atoms with Crippen molar-refractivity contribution in [2.24, 2.45) is 0 Å². The highest BCUT2D eigenvalue weighted by atomic mass is 16.5. The van der Waals surface area contributed by atoms with Crippen molar-refractivity contribution in [1.29, 1.82) is 0 Å². The van der Waals surface area contributed by atoms with Crippen molar-refractivity contribution < 1.29 is 19.1 Å². The molecule has 0 amide bonds. The highest BCUT2D eigenvalue weighted by Gasteiger charge is 2.27. The van der Waals surface area contributed by atoms with Crippen LogP contribution in [0.1, 0.15) is 12.0 Å². The van der Waals surface area contributed by atoms with Crippen LogP contribution in [-0.2, 0) is 19.1 Å². The van der Waals surface area contributed by atoms with E-state index in [1.165, 1.54) is 7.11 Å². The number of esters is 2. The second kappa shape index (κ2) is 5.52. The molecule has 0 N–H and O–H groups in total. The lowest BCUT2D eigenvalue weighted by atomic mass is 10.0. The van der Waals surface area contributed by atoms with Crippen LogP contribution in [0.5, 0.6) is 0 Å². The van der Waals surface area contributed by atoms with Crippen molar-refractivity contribution in [3.05, 3.63) is 54.1 Å². The first-order chi connectivity index (χ1) is 9.11. The van der Waals surface area contributed by atoms with Gasteiger partial charge in [-0.1, -0.05) is 36.9 Å². The van der Waals surface area contributed by atoms with Crippen molar-refractivity contribution >= 4 is 17.5 Å².